The Balaban J connectivity index is 2.27. The molecule has 1 N–H and O–H groups in total. The van der Waals surface area contributed by atoms with Crippen LogP contribution in [0.15, 0.2) is 0 Å². The average Bonchev–Trinajstić information content (AvgIpc) is 1.95. The lowest BCUT2D eigenvalue weighted by Crippen LogP contribution is -2.41. The quantitative estimate of drug-likeness (QED) is 0.710. The van der Waals surface area contributed by atoms with Crippen molar-refractivity contribution in [1.82, 2.24) is 5.32 Å². The summed E-state index contributed by atoms with van der Waals surface area (Å²) in [6, 6.07) is 0. The highest BCUT2D eigenvalue weighted by Crippen LogP contribution is 2.35. The van der Waals surface area contributed by atoms with E-state index in [-0.39, 0.29) is 5.54 Å². The van der Waals surface area contributed by atoms with Crippen molar-refractivity contribution in [1.29, 1.82) is 0 Å². The third-order valence-corrected chi connectivity index (χ3v) is 3.37. The summed E-state index contributed by atoms with van der Waals surface area (Å²) in [6.07, 6.45) is 7.19. The molecule has 1 heteroatoms. The van der Waals surface area contributed by atoms with E-state index in [0.29, 0.717) is 0 Å². The third-order valence-electron chi connectivity index (χ3n) is 3.37. The first kappa shape index (κ1) is 12.0. The molecule has 1 aliphatic rings. The largest absolute Gasteiger partial charge is 0.312 e. The van der Waals surface area contributed by atoms with Crippen LogP contribution in [0.3, 0.4) is 0 Å². The first-order valence-electron chi connectivity index (χ1n) is 6.28. The minimum absolute atomic E-state index is 0.287. The van der Waals surface area contributed by atoms with Crippen molar-refractivity contribution in [2.45, 2.75) is 65.3 Å². The van der Waals surface area contributed by atoms with Gasteiger partial charge in [0.2, 0.25) is 0 Å². The van der Waals surface area contributed by atoms with Gasteiger partial charge in [0.25, 0.3) is 0 Å². The van der Waals surface area contributed by atoms with Crippen LogP contribution < -0.4 is 5.32 Å². The van der Waals surface area contributed by atoms with Crippen LogP contribution in [0.1, 0.15) is 59.8 Å². The van der Waals surface area contributed by atoms with Gasteiger partial charge in [-0.25, -0.2) is 0 Å². The van der Waals surface area contributed by atoms with Crippen molar-refractivity contribution in [2.75, 3.05) is 6.54 Å². The highest BCUT2D eigenvalue weighted by Gasteiger charge is 2.27. The van der Waals surface area contributed by atoms with E-state index in [4.69, 9.17) is 0 Å². The minimum Gasteiger partial charge on any atom is -0.312 e. The van der Waals surface area contributed by atoms with Crippen LogP contribution in [-0.2, 0) is 0 Å². The maximum atomic E-state index is 3.66. The van der Waals surface area contributed by atoms with Crippen molar-refractivity contribution >= 4 is 0 Å². The van der Waals surface area contributed by atoms with E-state index in [1.165, 1.54) is 38.6 Å². The molecule has 0 bridgehead atoms. The zero-order valence-electron chi connectivity index (χ0n) is 10.4. The lowest BCUT2D eigenvalue weighted by Gasteiger charge is -2.36. The number of hydrogen-bond acceptors (Lipinski definition) is 1. The lowest BCUT2D eigenvalue weighted by molar-refractivity contribution is 0.180. The molecule has 0 heterocycles. The average molecular weight is 197 g/mol. The molecule has 0 amide bonds. The Bertz CT molecular complexity index is 153. The lowest BCUT2D eigenvalue weighted by atomic mass is 9.74. The Labute approximate surface area is 89.7 Å². The van der Waals surface area contributed by atoms with Crippen molar-refractivity contribution in [2.24, 2.45) is 11.8 Å². The molecule has 1 nitrogen and oxygen atoms in total. The molecule has 0 spiro atoms. The Morgan fingerprint density at radius 3 is 2.29 bits per heavy atom. The van der Waals surface area contributed by atoms with Gasteiger partial charge >= 0.3 is 0 Å². The molecule has 14 heavy (non-hydrogen) atoms. The SMILES string of the molecule is CCCC(CNC(C)(C)C)C1CCC1. The van der Waals surface area contributed by atoms with Gasteiger partial charge in [-0.15, -0.1) is 0 Å². The van der Waals surface area contributed by atoms with Crippen LogP contribution in [0.2, 0.25) is 0 Å². The van der Waals surface area contributed by atoms with Crippen LogP contribution >= 0.6 is 0 Å². The molecule has 0 aromatic carbocycles. The summed E-state index contributed by atoms with van der Waals surface area (Å²) in [5.74, 6) is 1.97. The predicted molar refractivity (Wildman–Crippen MR) is 63.5 cm³/mol. The summed E-state index contributed by atoms with van der Waals surface area (Å²) in [5.41, 5.74) is 0.287. The Hall–Kier alpha value is -0.0400. The maximum Gasteiger partial charge on any atom is 0.00966 e. The van der Waals surface area contributed by atoms with Crippen LogP contribution in [0.5, 0.6) is 0 Å². The van der Waals surface area contributed by atoms with E-state index in [2.05, 4.69) is 33.0 Å². The first-order valence-corrected chi connectivity index (χ1v) is 6.28. The zero-order valence-corrected chi connectivity index (χ0v) is 10.4. The Morgan fingerprint density at radius 2 is 1.93 bits per heavy atom. The van der Waals surface area contributed by atoms with Gasteiger partial charge in [0.1, 0.15) is 0 Å². The molecule has 0 aromatic rings. The molecule has 1 rings (SSSR count). The van der Waals surface area contributed by atoms with E-state index in [0.717, 1.165) is 11.8 Å². The summed E-state index contributed by atoms with van der Waals surface area (Å²) in [4.78, 5) is 0. The number of nitrogens with one attached hydrogen (secondary N) is 1. The summed E-state index contributed by atoms with van der Waals surface area (Å²) < 4.78 is 0. The van der Waals surface area contributed by atoms with Gasteiger partial charge in [0, 0.05) is 5.54 Å². The molecule has 1 fully saturated rings. The van der Waals surface area contributed by atoms with Gasteiger partial charge in [-0.3, -0.25) is 0 Å². The minimum atomic E-state index is 0.287. The van der Waals surface area contributed by atoms with E-state index in [1.54, 1.807) is 0 Å². The topological polar surface area (TPSA) is 12.0 Å². The summed E-state index contributed by atoms with van der Waals surface area (Å²) in [5, 5.41) is 3.66. The Morgan fingerprint density at radius 1 is 1.29 bits per heavy atom. The molecule has 0 saturated heterocycles. The Kier molecular flexibility index (Phi) is 4.43. The van der Waals surface area contributed by atoms with Gasteiger partial charge in [0.15, 0.2) is 0 Å². The maximum absolute atomic E-state index is 3.66. The van der Waals surface area contributed by atoms with E-state index in [9.17, 15) is 0 Å². The van der Waals surface area contributed by atoms with Crippen molar-refractivity contribution in [3.8, 4) is 0 Å². The number of rotatable bonds is 5. The molecule has 0 radical (unpaired) electrons. The zero-order chi connectivity index (χ0) is 10.6. The molecule has 0 aromatic heterocycles. The van der Waals surface area contributed by atoms with Crippen LogP contribution in [-0.4, -0.2) is 12.1 Å². The van der Waals surface area contributed by atoms with Crippen LogP contribution in [0.25, 0.3) is 0 Å². The van der Waals surface area contributed by atoms with Crippen molar-refractivity contribution in [3.05, 3.63) is 0 Å². The number of hydrogen-bond donors (Lipinski definition) is 1. The van der Waals surface area contributed by atoms with Crippen molar-refractivity contribution < 1.29 is 0 Å². The molecule has 0 aliphatic heterocycles. The third kappa shape index (κ3) is 4.00. The fraction of sp³-hybridized carbons (Fsp3) is 1.00. The molecule has 1 unspecified atom stereocenters. The van der Waals surface area contributed by atoms with E-state index < -0.39 is 0 Å². The highest BCUT2D eigenvalue weighted by molar-refractivity contribution is 4.81. The smallest absolute Gasteiger partial charge is 0.00966 e. The van der Waals surface area contributed by atoms with Crippen LogP contribution in [0.4, 0.5) is 0 Å². The second kappa shape index (κ2) is 5.16. The molecule has 84 valence electrons. The van der Waals surface area contributed by atoms with Gasteiger partial charge in [-0.2, -0.15) is 0 Å². The predicted octanol–water partition coefficient (Wildman–Crippen LogP) is 3.59. The van der Waals surface area contributed by atoms with E-state index in [1.807, 2.05) is 0 Å². The van der Waals surface area contributed by atoms with Crippen LogP contribution in [0, 0.1) is 11.8 Å². The summed E-state index contributed by atoms with van der Waals surface area (Å²) in [7, 11) is 0. The van der Waals surface area contributed by atoms with Gasteiger partial charge in [0.05, 0.1) is 0 Å². The van der Waals surface area contributed by atoms with Gasteiger partial charge in [-0.05, 0) is 45.6 Å². The summed E-state index contributed by atoms with van der Waals surface area (Å²) in [6.45, 7) is 10.3. The standard InChI is InChI=1S/C13H27N/c1-5-7-12(11-8-6-9-11)10-14-13(2,3)4/h11-12,14H,5-10H2,1-4H3. The first-order chi connectivity index (χ1) is 6.53. The molecular formula is C13H27N. The molecule has 1 saturated carbocycles. The second-order valence-electron chi connectivity index (χ2n) is 5.87. The fourth-order valence-corrected chi connectivity index (χ4v) is 2.22. The highest BCUT2D eigenvalue weighted by atomic mass is 14.9. The van der Waals surface area contributed by atoms with Gasteiger partial charge in [-0.1, -0.05) is 32.6 Å². The van der Waals surface area contributed by atoms with Gasteiger partial charge < -0.3 is 5.32 Å². The fourth-order valence-electron chi connectivity index (χ4n) is 2.22. The van der Waals surface area contributed by atoms with E-state index >= 15 is 0 Å². The monoisotopic (exact) mass is 197 g/mol. The molecule has 1 atom stereocenters. The van der Waals surface area contributed by atoms with Crippen molar-refractivity contribution in [3.63, 3.8) is 0 Å². The molecular weight excluding hydrogens is 170 g/mol. The normalized spacial score (nSPS) is 20.6. The summed E-state index contributed by atoms with van der Waals surface area (Å²) >= 11 is 0. The molecule has 1 aliphatic carbocycles. The second-order valence-corrected chi connectivity index (χ2v) is 5.87.